The van der Waals surface area contributed by atoms with Crippen molar-refractivity contribution in [3.8, 4) is 0 Å². The first-order chi connectivity index (χ1) is 5.61. The fraction of sp³-hybridized carbons (Fsp3) is 0. The molecule has 0 amide bonds. The molecule has 6 heteroatoms. The minimum Gasteiger partial charge on any atom is -0.543 e. The second-order valence-electron chi connectivity index (χ2n) is 1.98. The average Bonchev–Trinajstić information content (AvgIpc) is 2.04. The molecule has 0 bridgehead atoms. The fourth-order valence-corrected chi connectivity index (χ4v) is 0.662. The van der Waals surface area contributed by atoms with E-state index in [2.05, 4.69) is 4.98 Å². The van der Waals surface area contributed by atoms with Gasteiger partial charge in [0, 0.05) is 0 Å². The summed E-state index contributed by atoms with van der Waals surface area (Å²) in [4.78, 5) is 23.6. The number of pyridine rings is 1. The van der Waals surface area contributed by atoms with E-state index in [-0.39, 0.29) is 17.1 Å². The van der Waals surface area contributed by atoms with E-state index in [0.717, 1.165) is 12.1 Å². The molecule has 5 nitrogen and oxygen atoms in total. The molecule has 0 unspecified atom stereocenters. The molecule has 0 spiro atoms. The molecule has 0 aliphatic heterocycles. The van der Waals surface area contributed by atoms with Crippen LogP contribution in [0, 0.1) is 0 Å². The van der Waals surface area contributed by atoms with E-state index < -0.39 is 23.3 Å². The Bertz CT molecular complexity index is 310. The number of aromatic carboxylic acids is 2. The SMILES string of the molecule is O=C([O-])c1cccc(C(=O)[O-])n1.[Fe+2]. The summed E-state index contributed by atoms with van der Waals surface area (Å²) < 4.78 is 0. The Morgan fingerprint density at radius 3 is 1.77 bits per heavy atom. The predicted molar refractivity (Wildman–Crippen MR) is 32.9 cm³/mol. The summed E-state index contributed by atoms with van der Waals surface area (Å²) in [5.41, 5.74) is -0.839. The molecular formula is C7H3FeNO4. The van der Waals surface area contributed by atoms with Gasteiger partial charge in [-0.05, 0) is 12.1 Å². The molecule has 0 aliphatic carbocycles. The zero-order chi connectivity index (χ0) is 9.14. The molecule has 0 N–H and O–H groups in total. The molecule has 0 fully saturated rings. The Kier molecular flexibility index (Phi) is 4.10. The van der Waals surface area contributed by atoms with E-state index in [0.29, 0.717) is 0 Å². The Morgan fingerprint density at radius 1 is 1.08 bits per heavy atom. The van der Waals surface area contributed by atoms with Crippen LogP contribution < -0.4 is 10.2 Å². The van der Waals surface area contributed by atoms with Crippen molar-refractivity contribution in [2.75, 3.05) is 0 Å². The van der Waals surface area contributed by atoms with Crippen LogP contribution in [0.1, 0.15) is 21.0 Å². The minimum absolute atomic E-state index is 0. The van der Waals surface area contributed by atoms with Gasteiger partial charge < -0.3 is 19.8 Å². The Labute approximate surface area is 83.9 Å². The van der Waals surface area contributed by atoms with E-state index in [9.17, 15) is 19.8 Å². The van der Waals surface area contributed by atoms with Gasteiger partial charge in [0.2, 0.25) is 0 Å². The maximum absolute atomic E-state index is 10.2. The largest absolute Gasteiger partial charge is 2.00 e. The van der Waals surface area contributed by atoms with Crippen molar-refractivity contribution in [1.29, 1.82) is 0 Å². The van der Waals surface area contributed by atoms with Gasteiger partial charge in [0.25, 0.3) is 0 Å². The topological polar surface area (TPSA) is 93.1 Å². The summed E-state index contributed by atoms with van der Waals surface area (Å²) in [5, 5.41) is 20.4. The first-order valence-corrected chi connectivity index (χ1v) is 3.01. The monoisotopic (exact) mass is 221 g/mol. The first kappa shape index (κ1) is 11.6. The van der Waals surface area contributed by atoms with Crippen LogP contribution >= 0.6 is 0 Å². The van der Waals surface area contributed by atoms with Gasteiger partial charge in [0.15, 0.2) is 0 Å². The maximum Gasteiger partial charge on any atom is 2.00 e. The van der Waals surface area contributed by atoms with Gasteiger partial charge in [-0.3, -0.25) is 0 Å². The van der Waals surface area contributed by atoms with Crippen molar-refractivity contribution in [3.63, 3.8) is 0 Å². The van der Waals surface area contributed by atoms with Crippen molar-refractivity contribution >= 4 is 11.9 Å². The van der Waals surface area contributed by atoms with Crippen molar-refractivity contribution in [2.45, 2.75) is 0 Å². The number of hydrogen-bond donors (Lipinski definition) is 0. The van der Waals surface area contributed by atoms with Crippen molar-refractivity contribution in [3.05, 3.63) is 29.6 Å². The van der Waals surface area contributed by atoms with Gasteiger partial charge in [0.1, 0.15) is 0 Å². The molecular weight excluding hydrogens is 218 g/mol. The number of carbonyl (C=O) groups is 2. The molecule has 1 rings (SSSR count). The molecule has 1 heterocycles. The second kappa shape index (κ2) is 4.59. The Balaban J connectivity index is 0.00000144. The fourth-order valence-electron chi connectivity index (χ4n) is 0.662. The van der Waals surface area contributed by atoms with Gasteiger partial charge in [-0.2, -0.15) is 0 Å². The standard InChI is InChI=1S/C7H5NO4.Fe/c9-6(10)4-2-1-3-5(8-4)7(11)12;/h1-3H,(H,9,10)(H,11,12);/q;+2/p-2. The third-order valence-electron chi connectivity index (χ3n) is 1.17. The quantitative estimate of drug-likeness (QED) is 0.528. The molecule has 0 radical (unpaired) electrons. The van der Waals surface area contributed by atoms with E-state index in [1.54, 1.807) is 0 Å². The third-order valence-corrected chi connectivity index (χ3v) is 1.17. The zero-order valence-electron chi connectivity index (χ0n) is 6.17. The maximum atomic E-state index is 10.2. The Morgan fingerprint density at radius 2 is 1.46 bits per heavy atom. The summed E-state index contributed by atoms with van der Waals surface area (Å²) in [6.45, 7) is 0. The molecule has 0 aliphatic rings. The first-order valence-electron chi connectivity index (χ1n) is 3.01. The molecule has 0 saturated carbocycles. The number of nitrogens with zero attached hydrogens (tertiary/aromatic N) is 1. The van der Waals surface area contributed by atoms with Crippen LogP contribution in [0.25, 0.3) is 0 Å². The van der Waals surface area contributed by atoms with Gasteiger partial charge >= 0.3 is 17.1 Å². The van der Waals surface area contributed by atoms with Crippen LogP contribution in [0.5, 0.6) is 0 Å². The normalized spacial score (nSPS) is 8.62. The van der Waals surface area contributed by atoms with Gasteiger partial charge in [0.05, 0.1) is 23.3 Å². The number of carboxylic acids is 2. The van der Waals surface area contributed by atoms with Gasteiger partial charge in [-0.25, -0.2) is 4.98 Å². The predicted octanol–water partition coefficient (Wildman–Crippen LogP) is -2.19. The number of aromatic nitrogens is 1. The molecule has 0 aromatic carbocycles. The summed E-state index contributed by atoms with van der Waals surface area (Å²) in [5.74, 6) is -3.03. The Hall–Kier alpha value is -1.39. The van der Waals surface area contributed by atoms with Crippen molar-refractivity contribution < 1.29 is 36.9 Å². The number of hydrogen-bond acceptors (Lipinski definition) is 5. The van der Waals surface area contributed by atoms with Gasteiger partial charge in [-0.15, -0.1) is 0 Å². The number of carboxylic acid groups (broad SMARTS) is 2. The van der Waals surface area contributed by atoms with E-state index in [1.807, 2.05) is 0 Å². The van der Waals surface area contributed by atoms with Crippen LogP contribution in [-0.2, 0) is 17.1 Å². The van der Waals surface area contributed by atoms with Crippen molar-refractivity contribution in [2.24, 2.45) is 0 Å². The smallest absolute Gasteiger partial charge is 0.543 e. The van der Waals surface area contributed by atoms with Gasteiger partial charge in [-0.1, -0.05) is 6.07 Å². The van der Waals surface area contributed by atoms with E-state index in [1.165, 1.54) is 6.07 Å². The third kappa shape index (κ3) is 2.85. The molecule has 1 aromatic rings. The van der Waals surface area contributed by atoms with Crippen LogP contribution in [0.4, 0.5) is 0 Å². The van der Waals surface area contributed by atoms with E-state index >= 15 is 0 Å². The minimum atomic E-state index is -1.52. The molecule has 0 saturated heterocycles. The number of rotatable bonds is 2. The summed E-state index contributed by atoms with van der Waals surface area (Å²) in [6, 6.07) is 3.53. The molecule has 0 atom stereocenters. The second-order valence-corrected chi connectivity index (χ2v) is 1.98. The average molecular weight is 221 g/mol. The zero-order valence-corrected chi connectivity index (χ0v) is 7.27. The van der Waals surface area contributed by atoms with Crippen LogP contribution in [-0.4, -0.2) is 16.9 Å². The summed E-state index contributed by atoms with van der Waals surface area (Å²) >= 11 is 0. The van der Waals surface area contributed by atoms with E-state index in [4.69, 9.17) is 0 Å². The van der Waals surface area contributed by atoms with Crippen LogP contribution in [0.15, 0.2) is 18.2 Å². The summed E-state index contributed by atoms with van der Waals surface area (Å²) in [6.07, 6.45) is 0. The molecule has 68 valence electrons. The summed E-state index contributed by atoms with van der Waals surface area (Å²) in [7, 11) is 0. The van der Waals surface area contributed by atoms with Crippen molar-refractivity contribution in [1.82, 2.24) is 4.98 Å². The molecule has 1 aromatic heterocycles. The number of carbonyl (C=O) groups excluding carboxylic acids is 2. The van der Waals surface area contributed by atoms with Crippen LogP contribution in [0.2, 0.25) is 0 Å². The van der Waals surface area contributed by atoms with Crippen LogP contribution in [0.3, 0.4) is 0 Å². The molecule has 13 heavy (non-hydrogen) atoms.